The Labute approximate surface area is 148 Å². The molecule has 26 heavy (non-hydrogen) atoms. The van der Waals surface area contributed by atoms with E-state index in [1.54, 1.807) is 11.0 Å². The van der Waals surface area contributed by atoms with Crippen molar-refractivity contribution in [3.05, 3.63) is 58.2 Å². The second kappa shape index (κ2) is 6.86. The van der Waals surface area contributed by atoms with Crippen molar-refractivity contribution in [2.24, 2.45) is 0 Å². The number of aromatic amines is 1. The van der Waals surface area contributed by atoms with Gasteiger partial charge in [-0.3, -0.25) is 9.59 Å². The summed E-state index contributed by atoms with van der Waals surface area (Å²) in [7, 11) is 0. The summed E-state index contributed by atoms with van der Waals surface area (Å²) in [4.78, 5) is 31.0. The van der Waals surface area contributed by atoms with Crippen LogP contribution < -0.4 is 0 Å². The summed E-state index contributed by atoms with van der Waals surface area (Å²) >= 11 is 0. The molecule has 1 N–H and O–H groups in total. The molecule has 0 atom stereocenters. The highest BCUT2D eigenvalue weighted by atomic mass is 19.2. The minimum absolute atomic E-state index is 0.141. The van der Waals surface area contributed by atoms with Gasteiger partial charge in [-0.05, 0) is 32.0 Å². The fourth-order valence-electron chi connectivity index (χ4n) is 3.09. The van der Waals surface area contributed by atoms with Gasteiger partial charge in [0.15, 0.2) is 17.5 Å². The summed E-state index contributed by atoms with van der Waals surface area (Å²) in [5.41, 5.74) is 1.72. The van der Waals surface area contributed by atoms with Crippen LogP contribution in [-0.2, 0) is 0 Å². The fraction of sp³-hybridized carbons (Fsp3) is 0.333. The molecule has 0 aliphatic carbocycles. The van der Waals surface area contributed by atoms with E-state index in [0.717, 1.165) is 23.5 Å². The monoisotopic (exact) mass is 365 g/mol. The molecule has 8 heteroatoms. The molecular weight excluding hydrogens is 347 g/mol. The minimum Gasteiger partial charge on any atom is -0.362 e. The molecule has 1 saturated heterocycles. The van der Waals surface area contributed by atoms with E-state index in [1.807, 2.05) is 13.8 Å². The van der Waals surface area contributed by atoms with E-state index in [2.05, 4.69) is 4.98 Å². The Morgan fingerprint density at radius 3 is 1.92 bits per heavy atom. The van der Waals surface area contributed by atoms with E-state index < -0.39 is 28.9 Å². The van der Waals surface area contributed by atoms with E-state index in [-0.39, 0.29) is 32.1 Å². The molecule has 3 rings (SSSR count). The van der Waals surface area contributed by atoms with Crippen molar-refractivity contribution in [1.82, 2.24) is 14.8 Å². The van der Waals surface area contributed by atoms with Gasteiger partial charge in [-0.15, -0.1) is 0 Å². The summed E-state index contributed by atoms with van der Waals surface area (Å²) < 4.78 is 40.2. The van der Waals surface area contributed by atoms with Crippen LogP contribution in [0.1, 0.15) is 32.1 Å². The van der Waals surface area contributed by atoms with Crippen LogP contribution in [0.2, 0.25) is 0 Å². The summed E-state index contributed by atoms with van der Waals surface area (Å²) in [5.74, 6) is -5.36. The number of H-pyrrole nitrogens is 1. The van der Waals surface area contributed by atoms with Crippen LogP contribution in [0.5, 0.6) is 0 Å². The number of aromatic nitrogens is 1. The van der Waals surface area contributed by atoms with Crippen molar-refractivity contribution in [2.75, 3.05) is 26.2 Å². The van der Waals surface area contributed by atoms with Gasteiger partial charge in [0.25, 0.3) is 11.8 Å². The maximum atomic E-state index is 13.8. The second-order valence-corrected chi connectivity index (χ2v) is 6.30. The number of carbonyl (C=O) groups excluding carboxylic acids is 2. The minimum atomic E-state index is -1.66. The number of hydrogen-bond donors (Lipinski definition) is 1. The van der Waals surface area contributed by atoms with Crippen molar-refractivity contribution in [3.63, 3.8) is 0 Å². The van der Waals surface area contributed by atoms with Crippen LogP contribution in [-0.4, -0.2) is 52.8 Å². The lowest BCUT2D eigenvalue weighted by atomic mass is 10.1. The molecule has 0 unspecified atom stereocenters. The molecule has 0 saturated carbocycles. The van der Waals surface area contributed by atoms with Crippen LogP contribution in [0.15, 0.2) is 18.2 Å². The Kier molecular flexibility index (Phi) is 4.76. The lowest BCUT2D eigenvalue weighted by Gasteiger charge is -2.34. The normalized spacial score (nSPS) is 14.7. The third-order valence-electron chi connectivity index (χ3n) is 4.50. The largest absolute Gasteiger partial charge is 0.362 e. The first-order valence-corrected chi connectivity index (χ1v) is 8.18. The molecule has 1 aliphatic rings. The lowest BCUT2D eigenvalue weighted by Crippen LogP contribution is -2.50. The van der Waals surface area contributed by atoms with E-state index in [1.165, 1.54) is 4.90 Å². The van der Waals surface area contributed by atoms with Crippen LogP contribution >= 0.6 is 0 Å². The highest BCUT2D eigenvalue weighted by molar-refractivity contribution is 5.97. The number of nitrogens with one attached hydrogen (secondary N) is 1. The molecule has 1 aromatic heterocycles. The van der Waals surface area contributed by atoms with Crippen LogP contribution in [0.25, 0.3) is 0 Å². The Balaban J connectivity index is 1.69. The number of carbonyl (C=O) groups is 2. The molecule has 0 radical (unpaired) electrons. The van der Waals surface area contributed by atoms with Gasteiger partial charge in [0.1, 0.15) is 0 Å². The number of aryl methyl sites for hydroxylation is 2. The third-order valence-corrected chi connectivity index (χ3v) is 4.50. The summed E-state index contributed by atoms with van der Waals surface area (Å²) in [6, 6.07) is 3.42. The van der Waals surface area contributed by atoms with Gasteiger partial charge >= 0.3 is 0 Å². The zero-order valence-corrected chi connectivity index (χ0v) is 14.4. The molecule has 2 heterocycles. The van der Waals surface area contributed by atoms with Crippen molar-refractivity contribution in [1.29, 1.82) is 0 Å². The Hall–Kier alpha value is -2.77. The van der Waals surface area contributed by atoms with Crippen LogP contribution in [0.4, 0.5) is 13.2 Å². The fourth-order valence-corrected chi connectivity index (χ4v) is 3.09. The zero-order valence-electron chi connectivity index (χ0n) is 14.4. The first-order valence-electron chi connectivity index (χ1n) is 8.18. The molecule has 138 valence electrons. The van der Waals surface area contributed by atoms with Gasteiger partial charge in [0, 0.05) is 37.6 Å². The molecule has 0 bridgehead atoms. The quantitative estimate of drug-likeness (QED) is 0.832. The topological polar surface area (TPSA) is 56.4 Å². The lowest BCUT2D eigenvalue weighted by molar-refractivity contribution is 0.0531. The summed E-state index contributed by atoms with van der Waals surface area (Å²) in [6.45, 7) is 4.60. The third kappa shape index (κ3) is 3.18. The molecule has 1 aliphatic heterocycles. The van der Waals surface area contributed by atoms with Crippen LogP contribution in [0.3, 0.4) is 0 Å². The number of amides is 2. The summed E-state index contributed by atoms with van der Waals surface area (Å²) in [6.07, 6.45) is 0. The molecule has 0 spiro atoms. The van der Waals surface area contributed by atoms with Gasteiger partial charge in [-0.2, -0.15) is 0 Å². The van der Waals surface area contributed by atoms with Crippen LogP contribution in [0, 0.1) is 31.3 Å². The Morgan fingerprint density at radius 2 is 1.42 bits per heavy atom. The molecule has 2 amide bonds. The molecule has 5 nitrogen and oxygen atoms in total. The molecule has 2 aromatic rings. The summed E-state index contributed by atoms with van der Waals surface area (Å²) in [5, 5.41) is 0. The first-order chi connectivity index (χ1) is 12.3. The van der Waals surface area contributed by atoms with Crippen molar-refractivity contribution >= 4 is 11.8 Å². The first kappa shape index (κ1) is 18.0. The number of rotatable bonds is 2. The average molecular weight is 365 g/mol. The maximum Gasteiger partial charge on any atom is 0.257 e. The highest BCUT2D eigenvalue weighted by Gasteiger charge is 2.29. The SMILES string of the molecule is Cc1cc(C(=O)N2CCN(C(=O)c3ccc(F)c(F)c3F)CC2)c(C)[nH]1. The van der Waals surface area contributed by atoms with Gasteiger partial charge < -0.3 is 14.8 Å². The number of piperazine rings is 1. The van der Waals surface area contributed by atoms with Gasteiger partial charge in [0.05, 0.1) is 11.1 Å². The van der Waals surface area contributed by atoms with E-state index in [0.29, 0.717) is 5.56 Å². The van der Waals surface area contributed by atoms with Gasteiger partial charge in [0.2, 0.25) is 0 Å². The van der Waals surface area contributed by atoms with Gasteiger partial charge in [-0.1, -0.05) is 0 Å². The number of nitrogens with zero attached hydrogens (tertiary/aromatic N) is 2. The Bertz CT molecular complexity index is 871. The number of hydrogen-bond acceptors (Lipinski definition) is 2. The van der Waals surface area contributed by atoms with Crippen molar-refractivity contribution in [2.45, 2.75) is 13.8 Å². The van der Waals surface area contributed by atoms with Crippen molar-refractivity contribution < 1.29 is 22.8 Å². The smallest absolute Gasteiger partial charge is 0.257 e. The van der Waals surface area contributed by atoms with E-state index in [4.69, 9.17) is 0 Å². The average Bonchev–Trinajstić information content (AvgIpc) is 2.97. The van der Waals surface area contributed by atoms with E-state index >= 15 is 0 Å². The molecule has 1 fully saturated rings. The molecule has 1 aromatic carbocycles. The highest BCUT2D eigenvalue weighted by Crippen LogP contribution is 2.19. The van der Waals surface area contributed by atoms with Crippen molar-refractivity contribution in [3.8, 4) is 0 Å². The second-order valence-electron chi connectivity index (χ2n) is 6.30. The standard InChI is InChI=1S/C18H18F3N3O2/c1-10-9-13(11(2)22-10)18(26)24-7-5-23(6-8-24)17(25)12-3-4-14(19)16(21)15(12)20/h3-4,9,22H,5-8H2,1-2H3. The number of halogens is 3. The number of benzene rings is 1. The Morgan fingerprint density at radius 1 is 0.885 bits per heavy atom. The maximum absolute atomic E-state index is 13.8. The predicted molar refractivity (Wildman–Crippen MR) is 88.4 cm³/mol. The van der Waals surface area contributed by atoms with Gasteiger partial charge in [-0.25, -0.2) is 13.2 Å². The van der Waals surface area contributed by atoms with E-state index in [9.17, 15) is 22.8 Å². The molecular formula is C18H18F3N3O2. The zero-order chi connectivity index (χ0) is 19.0. The predicted octanol–water partition coefficient (Wildman–Crippen LogP) is 2.65.